The zero-order chi connectivity index (χ0) is 14.4. The van der Waals surface area contributed by atoms with Crippen molar-refractivity contribution in [3.63, 3.8) is 0 Å². The van der Waals surface area contributed by atoms with Crippen LogP contribution in [-0.4, -0.2) is 28.9 Å². The van der Waals surface area contributed by atoms with Crippen molar-refractivity contribution in [2.45, 2.75) is 25.7 Å². The Morgan fingerprint density at radius 3 is 2.90 bits per heavy atom. The molecule has 0 atom stereocenters. The highest BCUT2D eigenvalue weighted by Crippen LogP contribution is 2.30. The number of phenolic OH excluding ortho intramolecular Hbond substituents is 1. The van der Waals surface area contributed by atoms with Crippen molar-refractivity contribution in [3.8, 4) is 22.9 Å². The van der Waals surface area contributed by atoms with Gasteiger partial charge in [-0.3, -0.25) is 0 Å². The number of nitrogens with zero attached hydrogens (tertiary/aromatic N) is 2. The quantitative estimate of drug-likeness (QED) is 0.753. The summed E-state index contributed by atoms with van der Waals surface area (Å²) in [5, 5.41) is 13.5. The number of rotatable bonds is 7. The van der Waals surface area contributed by atoms with Crippen molar-refractivity contribution in [1.82, 2.24) is 10.1 Å². The van der Waals surface area contributed by atoms with Crippen LogP contribution in [0, 0.1) is 0 Å². The number of aryl methyl sites for hydroxylation is 1. The molecule has 0 radical (unpaired) electrons. The Morgan fingerprint density at radius 2 is 2.15 bits per heavy atom. The average molecular weight is 277 g/mol. The summed E-state index contributed by atoms with van der Waals surface area (Å²) in [5.74, 6) is 1.58. The molecule has 3 N–H and O–H groups in total. The summed E-state index contributed by atoms with van der Waals surface area (Å²) >= 11 is 0. The first-order chi connectivity index (χ1) is 9.74. The average Bonchev–Trinajstić information content (AvgIpc) is 2.93. The standard InChI is InChI=1S/C14H19N3O3/c1-19-12-9-10(6-7-11(12)18)14-16-13(20-17-14)5-3-2-4-8-15/h6-7,9,18H,2-5,8,15H2,1H3. The fraction of sp³-hybridized carbons (Fsp3) is 0.429. The van der Waals surface area contributed by atoms with Gasteiger partial charge in [0.1, 0.15) is 0 Å². The van der Waals surface area contributed by atoms with Crippen molar-refractivity contribution in [3.05, 3.63) is 24.1 Å². The lowest BCUT2D eigenvalue weighted by molar-refractivity contribution is 0.372. The van der Waals surface area contributed by atoms with Gasteiger partial charge in [-0.2, -0.15) is 4.98 Å². The summed E-state index contributed by atoms with van der Waals surface area (Å²) in [6.07, 6.45) is 3.80. The van der Waals surface area contributed by atoms with E-state index in [0.29, 0.717) is 24.0 Å². The van der Waals surface area contributed by atoms with Crippen LogP contribution < -0.4 is 10.5 Å². The van der Waals surface area contributed by atoms with Crippen molar-refractivity contribution in [1.29, 1.82) is 0 Å². The summed E-state index contributed by atoms with van der Waals surface area (Å²) in [7, 11) is 1.50. The molecule has 0 saturated carbocycles. The molecular weight excluding hydrogens is 258 g/mol. The van der Waals surface area contributed by atoms with E-state index >= 15 is 0 Å². The Labute approximate surface area is 117 Å². The normalized spacial score (nSPS) is 10.7. The summed E-state index contributed by atoms with van der Waals surface area (Å²) in [6, 6.07) is 4.95. The van der Waals surface area contributed by atoms with Crippen molar-refractivity contribution in [2.24, 2.45) is 5.73 Å². The van der Waals surface area contributed by atoms with E-state index < -0.39 is 0 Å². The lowest BCUT2D eigenvalue weighted by Crippen LogP contribution is -1.98. The van der Waals surface area contributed by atoms with Crippen molar-refractivity contribution in [2.75, 3.05) is 13.7 Å². The summed E-state index contributed by atoms with van der Waals surface area (Å²) in [6.45, 7) is 0.711. The highest BCUT2D eigenvalue weighted by molar-refractivity contribution is 5.60. The van der Waals surface area contributed by atoms with Crippen LogP contribution in [0.5, 0.6) is 11.5 Å². The van der Waals surface area contributed by atoms with Crippen molar-refractivity contribution < 1.29 is 14.4 Å². The van der Waals surface area contributed by atoms with Gasteiger partial charge in [-0.1, -0.05) is 11.6 Å². The molecule has 0 aliphatic heterocycles. The molecule has 108 valence electrons. The molecule has 0 aliphatic rings. The van der Waals surface area contributed by atoms with E-state index in [4.69, 9.17) is 15.0 Å². The fourth-order valence-electron chi connectivity index (χ4n) is 1.89. The molecule has 0 amide bonds. The topological polar surface area (TPSA) is 94.4 Å². The van der Waals surface area contributed by atoms with Gasteiger partial charge in [0, 0.05) is 12.0 Å². The Balaban J connectivity index is 2.04. The minimum Gasteiger partial charge on any atom is -0.504 e. The summed E-state index contributed by atoms with van der Waals surface area (Å²) in [4.78, 5) is 4.34. The first-order valence-electron chi connectivity index (χ1n) is 6.64. The predicted molar refractivity (Wildman–Crippen MR) is 74.6 cm³/mol. The summed E-state index contributed by atoms with van der Waals surface area (Å²) < 4.78 is 10.3. The first kappa shape index (κ1) is 14.3. The number of methoxy groups -OCH3 is 1. The second kappa shape index (κ2) is 6.91. The van der Waals surface area contributed by atoms with Gasteiger partial charge in [-0.15, -0.1) is 0 Å². The Kier molecular flexibility index (Phi) is 4.95. The fourth-order valence-corrected chi connectivity index (χ4v) is 1.89. The van der Waals surface area contributed by atoms with Gasteiger partial charge in [0.2, 0.25) is 11.7 Å². The third-order valence-corrected chi connectivity index (χ3v) is 3.00. The highest BCUT2D eigenvalue weighted by Gasteiger charge is 2.11. The largest absolute Gasteiger partial charge is 0.504 e. The zero-order valence-corrected chi connectivity index (χ0v) is 11.5. The molecule has 0 bridgehead atoms. The molecule has 0 fully saturated rings. The third kappa shape index (κ3) is 3.48. The van der Waals surface area contributed by atoms with Crippen LogP contribution in [0.25, 0.3) is 11.4 Å². The molecule has 0 saturated heterocycles. The number of hydrogen-bond acceptors (Lipinski definition) is 6. The van der Waals surface area contributed by atoms with Gasteiger partial charge in [-0.25, -0.2) is 0 Å². The van der Waals surface area contributed by atoms with Crippen LogP contribution in [0.3, 0.4) is 0 Å². The van der Waals surface area contributed by atoms with Crippen LogP contribution in [0.2, 0.25) is 0 Å². The van der Waals surface area contributed by atoms with Gasteiger partial charge in [0.25, 0.3) is 0 Å². The number of nitrogens with two attached hydrogens (primary N) is 1. The molecule has 0 unspecified atom stereocenters. The molecule has 6 nitrogen and oxygen atoms in total. The van der Waals surface area contributed by atoms with E-state index in [1.54, 1.807) is 18.2 Å². The molecule has 2 aromatic rings. The van der Waals surface area contributed by atoms with Crippen LogP contribution in [0.4, 0.5) is 0 Å². The van der Waals surface area contributed by atoms with E-state index in [0.717, 1.165) is 31.2 Å². The van der Waals surface area contributed by atoms with E-state index in [1.165, 1.54) is 7.11 Å². The SMILES string of the molecule is COc1cc(-c2noc(CCCCCN)n2)ccc1O. The number of aromatic nitrogens is 2. The number of aromatic hydroxyl groups is 1. The minimum atomic E-state index is 0.0850. The maximum Gasteiger partial charge on any atom is 0.226 e. The maximum absolute atomic E-state index is 9.55. The number of phenols is 1. The third-order valence-electron chi connectivity index (χ3n) is 3.00. The number of benzene rings is 1. The van der Waals surface area contributed by atoms with Crippen LogP contribution >= 0.6 is 0 Å². The van der Waals surface area contributed by atoms with Crippen LogP contribution in [0.1, 0.15) is 25.2 Å². The van der Waals surface area contributed by atoms with E-state index in [1.807, 2.05) is 0 Å². The molecule has 0 spiro atoms. The highest BCUT2D eigenvalue weighted by atomic mass is 16.5. The zero-order valence-electron chi connectivity index (χ0n) is 11.5. The van der Waals surface area contributed by atoms with E-state index in [-0.39, 0.29) is 5.75 Å². The molecule has 1 aromatic heterocycles. The molecular formula is C14H19N3O3. The molecule has 6 heteroatoms. The van der Waals surface area contributed by atoms with Gasteiger partial charge in [0.15, 0.2) is 11.5 Å². The number of unbranched alkanes of at least 4 members (excludes halogenated alkanes) is 2. The van der Waals surface area contributed by atoms with Crippen LogP contribution in [0.15, 0.2) is 22.7 Å². The van der Waals surface area contributed by atoms with E-state index in [9.17, 15) is 5.11 Å². The molecule has 1 aromatic carbocycles. The molecule has 20 heavy (non-hydrogen) atoms. The van der Waals surface area contributed by atoms with E-state index in [2.05, 4.69) is 10.1 Å². The minimum absolute atomic E-state index is 0.0850. The number of ether oxygens (including phenoxy) is 1. The molecule has 2 rings (SSSR count). The Morgan fingerprint density at radius 1 is 1.30 bits per heavy atom. The predicted octanol–water partition coefficient (Wildman–Crippen LogP) is 2.12. The second-order valence-corrected chi connectivity index (χ2v) is 4.50. The monoisotopic (exact) mass is 277 g/mol. The Hall–Kier alpha value is -2.08. The van der Waals surface area contributed by atoms with Gasteiger partial charge < -0.3 is 20.1 Å². The summed E-state index contributed by atoms with van der Waals surface area (Å²) in [5.41, 5.74) is 6.19. The maximum atomic E-state index is 9.55. The Bertz CT molecular complexity index is 554. The second-order valence-electron chi connectivity index (χ2n) is 4.50. The lowest BCUT2D eigenvalue weighted by atomic mass is 10.2. The van der Waals surface area contributed by atoms with Crippen molar-refractivity contribution >= 4 is 0 Å². The number of hydrogen-bond donors (Lipinski definition) is 2. The molecule has 0 aliphatic carbocycles. The van der Waals surface area contributed by atoms with Gasteiger partial charge >= 0.3 is 0 Å². The van der Waals surface area contributed by atoms with Crippen LogP contribution in [-0.2, 0) is 6.42 Å². The smallest absolute Gasteiger partial charge is 0.226 e. The first-order valence-corrected chi connectivity index (χ1v) is 6.64. The lowest BCUT2D eigenvalue weighted by Gasteiger charge is -2.03. The van der Waals surface area contributed by atoms with Gasteiger partial charge in [-0.05, 0) is 37.6 Å². The molecule has 1 heterocycles. The van der Waals surface area contributed by atoms with Gasteiger partial charge in [0.05, 0.1) is 7.11 Å².